The van der Waals surface area contributed by atoms with Crippen molar-refractivity contribution in [1.29, 1.82) is 0 Å². The number of ether oxygens (including phenoxy) is 2. The van der Waals surface area contributed by atoms with Crippen LogP contribution in [0.5, 0.6) is 5.75 Å². The van der Waals surface area contributed by atoms with Crippen LogP contribution in [0.3, 0.4) is 0 Å². The lowest BCUT2D eigenvalue weighted by Gasteiger charge is -2.15. The highest BCUT2D eigenvalue weighted by Gasteiger charge is 2.07. The number of carbonyl (C=O) groups is 1. The molecule has 0 aliphatic heterocycles. The zero-order valence-corrected chi connectivity index (χ0v) is 14.2. The van der Waals surface area contributed by atoms with E-state index in [0.717, 1.165) is 5.56 Å². The molecule has 0 aliphatic rings. The summed E-state index contributed by atoms with van der Waals surface area (Å²) in [6, 6.07) is 7.57. The maximum absolute atomic E-state index is 11.5. The molecular weight excluding hydrogens is 302 g/mol. The molecule has 0 radical (unpaired) electrons. The first-order valence-corrected chi connectivity index (χ1v) is 8.68. The van der Waals surface area contributed by atoms with Crippen molar-refractivity contribution in [2.75, 3.05) is 25.3 Å². The van der Waals surface area contributed by atoms with E-state index in [-0.39, 0.29) is 19.0 Å². The van der Waals surface area contributed by atoms with Gasteiger partial charge in [-0.2, -0.15) is 0 Å². The van der Waals surface area contributed by atoms with Crippen LogP contribution in [0.25, 0.3) is 0 Å². The minimum absolute atomic E-state index is 0.231. The zero-order valence-electron chi connectivity index (χ0n) is 13.4. The van der Waals surface area contributed by atoms with Gasteiger partial charge < -0.3 is 19.9 Å². The third-order valence-electron chi connectivity index (χ3n) is 2.81. The molecule has 1 atom stereocenters. The van der Waals surface area contributed by atoms with Crippen LogP contribution < -0.4 is 10.1 Å². The summed E-state index contributed by atoms with van der Waals surface area (Å²) in [6.07, 6.45) is 1.58. The predicted molar refractivity (Wildman–Crippen MR) is 89.3 cm³/mol. The topological polar surface area (TPSA) is 67.8 Å². The Bertz CT molecular complexity index is 436. The molecule has 0 fully saturated rings. The zero-order chi connectivity index (χ0) is 16.4. The lowest BCUT2D eigenvalue weighted by molar-refractivity contribution is -0.140. The SMILES string of the molecule is CSCOC(=O)Cc1ccc(OCC(O)CNC(C)C)cc1. The van der Waals surface area contributed by atoms with Gasteiger partial charge >= 0.3 is 5.97 Å². The number of hydrogen-bond acceptors (Lipinski definition) is 6. The van der Waals surface area contributed by atoms with Crippen molar-refractivity contribution >= 4 is 17.7 Å². The van der Waals surface area contributed by atoms with E-state index in [1.165, 1.54) is 11.8 Å². The van der Waals surface area contributed by atoms with Crippen molar-refractivity contribution in [1.82, 2.24) is 5.32 Å². The summed E-state index contributed by atoms with van der Waals surface area (Å²) in [5, 5.41) is 12.9. The molecule has 0 heterocycles. The molecule has 0 saturated carbocycles. The second kappa shape index (κ2) is 10.5. The molecule has 1 rings (SSSR count). The molecule has 1 unspecified atom stereocenters. The first-order chi connectivity index (χ1) is 10.5. The van der Waals surface area contributed by atoms with E-state index in [4.69, 9.17) is 9.47 Å². The lowest BCUT2D eigenvalue weighted by atomic mass is 10.1. The maximum Gasteiger partial charge on any atom is 0.311 e. The fourth-order valence-electron chi connectivity index (χ4n) is 1.67. The minimum atomic E-state index is -0.552. The van der Waals surface area contributed by atoms with Gasteiger partial charge in [-0.15, -0.1) is 11.8 Å². The van der Waals surface area contributed by atoms with Crippen molar-refractivity contribution in [2.45, 2.75) is 32.4 Å². The van der Waals surface area contributed by atoms with Gasteiger partial charge in [-0.05, 0) is 24.0 Å². The van der Waals surface area contributed by atoms with E-state index in [9.17, 15) is 9.90 Å². The van der Waals surface area contributed by atoms with Crippen LogP contribution in [0.15, 0.2) is 24.3 Å². The molecule has 1 aromatic carbocycles. The van der Waals surface area contributed by atoms with Crippen LogP contribution in [0.2, 0.25) is 0 Å². The first kappa shape index (κ1) is 18.8. The van der Waals surface area contributed by atoms with E-state index < -0.39 is 6.10 Å². The predicted octanol–water partition coefficient (Wildman–Crippen LogP) is 1.83. The molecule has 0 aromatic heterocycles. The number of aliphatic hydroxyl groups is 1. The Morgan fingerprint density at radius 2 is 2.00 bits per heavy atom. The number of carbonyl (C=O) groups excluding carboxylic acids is 1. The molecule has 22 heavy (non-hydrogen) atoms. The average Bonchev–Trinajstić information content (AvgIpc) is 2.50. The molecule has 124 valence electrons. The third-order valence-corrected chi connectivity index (χ3v) is 3.17. The van der Waals surface area contributed by atoms with Crippen molar-refractivity contribution in [2.24, 2.45) is 0 Å². The van der Waals surface area contributed by atoms with Crippen LogP contribution in [-0.2, 0) is 16.0 Å². The minimum Gasteiger partial charge on any atom is -0.491 e. The summed E-state index contributed by atoms with van der Waals surface area (Å²) >= 11 is 1.47. The van der Waals surface area contributed by atoms with Crippen molar-refractivity contribution in [3.63, 3.8) is 0 Å². The van der Waals surface area contributed by atoms with Crippen LogP contribution in [0.4, 0.5) is 0 Å². The van der Waals surface area contributed by atoms with Gasteiger partial charge in [0.2, 0.25) is 0 Å². The Morgan fingerprint density at radius 1 is 1.32 bits per heavy atom. The first-order valence-electron chi connectivity index (χ1n) is 7.29. The number of nitrogens with one attached hydrogen (secondary N) is 1. The third kappa shape index (κ3) is 8.26. The van der Waals surface area contributed by atoms with Crippen LogP contribution in [0.1, 0.15) is 19.4 Å². The van der Waals surface area contributed by atoms with E-state index >= 15 is 0 Å². The van der Waals surface area contributed by atoms with Crippen molar-refractivity contribution in [3.8, 4) is 5.75 Å². The van der Waals surface area contributed by atoms with E-state index in [1.807, 2.05) is 32.2 Å². The summed E-state index contributed by atoms with van der Waals surface area (Å²) in [7, 11) is 0. The summed E-state index contributed by atoms with van der Waals surface area (Å²) < 4.78 is 10.5. The quantitative estimate of drug-likeness (QED) is 0.505. The highest BCUT2D eigenvalue weighted by molar-refractivity contribution is 7.98. The van der Waals surface area contributed by atoms with Crippen LogP contribution >= 0.6 is 11.8 Å². The summed E-state index contributed by atoms with van der Waals surface area (Å²) in [5.41, 5.74) is 0.875. The second-order valence-corrected chi connectivity index (χ2v) is 6.08. The largest absolute Gasteiger partial charge is 0.491 e. The van der Waals surface area contributed by atoms with Crippen molar-refractivity contribution < 1.29 is 19.4 Å². The Hall–Kier alpha value is -1.24. The molecule has 1 aromatic rings. The number of thioether (sulfide) groups is 1. The fraction of sp³-hybridized carbons (Fsp3) is 0.562. The molecule has 5 nitrogen and oxygen atoms in total. The normalized spacial score (nSPS) is 12.2. The summed E-state index contributed by atoms with van der Waals surface area (Å²) in [4.78, 5) is 11.5. The molecule has 0 amide bonds. The average molecular weight is 327 g/mol. The number of esters is 1. The van der Waals surface area contributed by atoms with Gasteiger partial charge in [-0.3, -0.25) is 4.79 Å². The summed E-state index contributed by atoms with van der Waals surface area (Å²) in [6.45, 7) is 4.78. The van der Waals surface area contributed by atoms with Crippen LogP contribution in [0, 0.1) is 0 Å². The van der Waals surface area contributed by atoms with Gasteiger partial charge in [0.25, 0.3) is 0 Å². The Balaban J connectivity index is 2.33. The standard InChI is InChI=1S/C16H25NO4S/c1-12(2)17-9-14(18)10-20-15-6-4-13(5-7-15)8-16(19)21-11-22-3/h4-7,12,14,17-18H,8-11H2,1-3H3. The Kier molecular flexibility index (Phi) is 8.96. The van der Waals surface area contributed by atoms with E-state index in [1.54, 1.807) is 12.1 Å². The van der Waals surface area contributed by atoms with Gasteiger partial charge in [0.15, 0.2) is 0 Å². The number of benzene rings is 1. The fourth-order valence-corrected chi connectivity index (χ4v) is 1.92. The Labute approximate surface area is 136 Å². The number of rotatable bonds is 10. The molecular formula is C16H25NO4S. The second-order valence-electron chi connectivity index (χ2n) is 5.27. The monoisotopic (exact) mass is 327 g/mol. The van der Waals surface area contributed by atoms with Gasteiger partial charge in [-0.25, -0.2) is 0 Å². The molecule has 2 N–H and O–H groups in total. The highest BCUT2D eigenvalue weighted by Crippen LogP contribution is 2.13. The van der Waals surface area contributed by atoms with E-state index in [2.05, 4.69) is 5.32 Å². The van der Waals surface area contributed by atoms with Crippen molar-refractivity contribution in [3.05, 3.63) is 29.8 Å². The van der Waals surface area contributed by atoms with Crippen LogP contribution in [-0.4, -0.2) is 48.6 Å². The molecule has 0 spiro atoms. The van der Waals surface area contributed by atoms with Gasteiger partial charge in [0.05, 0.1) is 6.42 Å². The highest BCUT2D eigenvalue weighted by atomic mass is 32.2. The van der Waals surface area contributed by atoms with Gasteiger partial charge in [0, 0.05) is 12.6 Å². The summed E-state index contributed by atoms with van der Waals surface area (Å²) in [5.74, 6) is 0.811. The van der Waals surface area contributed by atoms with Gasteiger partial charge in [0.1, 0.15) is 24.4 Å². The smallest absolute Gasteiger partial charge is 0.311 e. The molecule has 0 aliphatic carbocycles. The lowest BCUT2D eigenvalue weighted by Crippen LogP contribution is -2.35. The molecule has 0 bridgehead atoms. The van der Waals surface area contributed by atoms with Gasteiger partial charge in [-0.1, -0.05) is 26.0 Å². The number of hydrogen-bond donors (Lipinski definition) is 2. The molecule has 6 heteroatoms. The van der Waals surface area contributed by atoms with E-state index in [0.29, 0.717) is 24.3 Å². The molecule has 0 saturated heterocycles. The maximum atomic E-state index is 11.5. The number of aliphatic hydroxyl groups excluding tert-OH is 1. The Morgan fingerprint density at radius 3 is 2.59 bits per heavy atom.